The molecule has 0 spiro atoms. The number of carbonyl (C=O) groups is 3. The molecular formula is C26H17ClN4O5. The monoisotopic (exact) mass is 500 g/mol. The number of amides is 4. The Morgan fingerprint density at radius 2 is 1.64 bits per heavy atom. The average Bonchev–Trinajstić information content (AvgIpc) is 3.20. The number of nitrogens with zero attached hydrogens (tertiary/aromatic N) is 3. The van der Waals surface area contributed by atoms with Crippen molar-refractivity contribution in [3.63, 3.8) is 0 Å². The number of non-ortho nitro benzene ring substituents is 1. The molecule has 178 valence electrons. The van der Waals surface area contributed by atoms with E-state index in [2.05, 4.69) is 5.32 Å². The lowest BCUT2D eigenvalue weighted by Gasteiger charge is -2.26. The number of para-hydroxylation sites is 1. The lowest BCUT2D eigenvalue weighted by molar-refractivity contribution is -0.384. The Kier molecular flexibility index (Phi) is 5.83. The minimum absolute atomic E-state index is 0.00292. The van der Waals surface area contributed by atoms with Crippen molar-refractivity contribution in [3.8, 4) is 0 Å². The maximum Gasteiger partial charge on any atom is 0.335 e. The van der Waals surface area contributed by atoms with Crippen molar-refractivity contribution in [2.45, 2.75) is 6.54 Å². The summed E-state index contributed by atoms with van der Waals surface area (Å²) in [4.78, 5) is 49.7. The van der Waals surface area contributed by atoms with Crippen molar-refractivity contribution in [1.82, 2.24) is 9.88 Å². The maximum absolute atomic E-state index is 13.2. The molecule has 0 radical (unpaired) electrons. The molecule has 1 aliphatic rings. The van der Waals surface area contributed by atoms with Crippen LogP contribution in [0.5, 0.6) is 0 Å². The fraction of sp³-hybridized carbons (Fsp3) is 0.0385. The molecule has 9 nitrogen and oxygen atoms in total. The van der Waals surface area contributed by atoms with Gasteiger partial charge in [-0.15, -0.1) is 0 Å². The quantitative estimate of drug-likeness (QED) is 0.181. The smallest absolute Gasteiger partial charge is 0.335 e. The number of imide groups is 2. The Morgan fingerprint density at radius 1 is 0.944 bits per heavy atom. The third kappa shape index (κ3) is 4.23. The second-order valence-corrected chi connectivity index (χ2v) is 8.52. The van der Waals surface area contributed by atoms with Gasteiger partial charge in [0.25, 0.3) is 17.5 Å². The van der Waals surface area contributed by atoms with E-state index in [1.165, 1.54) is 30.3 Å². The average molecular weight is 501 g/mol. The summed E-state index contributed by atoms with van der Waals surface area (Å²) >= 11 is 5.92. The third-order valence-electron chi connectivity index (χ3n) is 5.81. The number of fused-ring (bicyclic) bond motifs is 1. The van der Waals surface area contributed by atoms with Crippen molar-refractivity contribution in [2.24, 2.45) is 0 Å². The van der Waals surface area contributed by atoms with Crippen LogP contribution < -0.4 is 10.2 Å². The number of halogens is 1. The summed E-state index contributed by atoms with van der Waals surface area (Å²) in [5.41, 5.74) is 2.38. The molecular weight excluding hydrogens is 484 g/mol. The third-order valence-corrected chi connectivity index (χ3v) is 6.06. The molecule has 0 unspecified atom stereocenters. The molecule has 4 amide bonds. The number of hydrogen-bond acceptors (Lipinski definition) is 5. The van der Waals surface area contributed by atoms with Crippen LogP contribution in [-0.4, -0.2) is 27.3 Å². The number of nitrogens with one attached hydrogen (secondary N) is 1. The second kappa shape index (κ2) is 9.12. The van der Waals surface area contributed by atoms with Gasteiger partial charge in [-0.05, 0) is 42.0 Å². The number of aromatic nitrogens is 1. The molecule has 0 bridgehead atoms. The highest BCUT2D eigenvalue weighted by Gasteiger charge is 2.37. The summed E-state index contributed by atoms with van der Waals surface area (Å²) in [6.07, 6.45) is 3.25. The summed E-state index contributed by atoms with van der Waals surface area (Å²) in [5.74, 6) is -1.54. The Bertz CT molecular complexity index is 1570. The van der Waals surface area contributed by atoms with Gasteiger partial charge in [-0.1, -0.05) is 41.9 Å². The Balaban J connectivity index is 1.53. The first-order valence-electron chi connectivity index (χ1n) is 10.8. The zero-order valence-corrected chi connectivity index (χ0v) is 19.3. The molecule has 10 heteroatoms. The van der Waals surface area contributed by atoms with E-state index in [4.69, 9.17) is 11.6 Å². The number of rotatable bonds is 5. The molecule has 1 aliphatic heterocycles. The topological polar surface area (TPSA) is 115 Å². The second-order valence-electron chi connectivity index (χ2n) is 8.09. The summed E-state index contributed by atoms with van der Waals surface area (Å²) < 4.78 is 1.93. The number of carbonyl (C=O) groups excluding carboxylic acids is 3. The van der Waals surface area contributed by atoms with Gasteiger partial charge in [-0.3, -0.25) is 25.0 Å². The van der Waals surface area contributed by atoms with Gasteiger partial charge in [0.15, 0.2) is 0 Å². The van der Waals surface area contributed by atoms with Gasteiger partial charge in [0, 0.05) is 46.4 Å². The highest BCUT2D eigenvalue weighted by molar-refractivity contribution is 6.39. The van der Waals surface area contributed by atoms with Crippen LogP contribution in [0.3, 0.4) is 0 Å². The molecule has 4 aromatic rings. The molecule has 0 aliphatic carbocycles. The predicted octanol–water partition coefficient (Wildman–Crippen LogP) is 4.92. The van der Waals surface area contributed by atoms with E-state index in [0.717, 1.165) is 21.4 Å². The van der Waals surface area contributed by atoms with Crippen LogP contribution in [0.4, 0.5) is 16.2 Å². The Labute approximate surface area is 209 Å². The van der Waals surface area contributed by atoms with Crippen LogP contribution in [0, 0.1) is 10.1 Å². The maximum atomic E-state index is 13.2. The van der Waals surface area contributed by atoms with Crippen LogP contribution in [0.25, 0.3) is 17.0 Å². The predicted molar refractivity (Wildman–Crippen MR) is 135 cm³/mol. The fourth-order valence-corrected chi connectivity index (χ4v) is 4.20. The summed E-state index contributed by atoms with van der Waals surface area (Å²) in [6.45, 7) is 0.414. The van der Waals surface area contributed by atoms with Gasteiger partial charge < -0.3 is 4.57 Å². The van der Waals surface area contributed by atoms with Crippen molar-refractivity contribution in [3.05, 3.63) is 111 Å². The largest absolute Gasteiger partial charge is 0.342 e. The highest BCUT2D eigenvalue weighted by atomic mass is 35.5. The van der Waals surface area contributed by atoms with E-state index in [1.807, 2.05) is 28.8 Å². The zero-order valence-electron chi connectivity index (χ0n) is 18.6. The summed E-state index contributed by atoms with van der Waals surface area (Å²) in [6, 6.07) is 19.0. The number of nitro benzene ring substituents is 1. The first-order valence-corrected chi connectivity index (χ1v) is 11.2. The van der Waals surface area contributed by atoms with E-state index in [-0.39, 0.29) is 16.9 Å². The first kappa shape index (κ1) is 23.0. The minimum Gasteiger partial charge on any atom is -0.342 e. The van der Waals surface area contributed by atoms with Gasteiger partial charge in [0.2, 0.25) is 0 Å². The van der Waals surface area contributed by atoms with Crippen LogP contribution in [0.1, 0.15) is 11.1 Å². The lowest BCUT2D eigenvalue weighted by Crippen LogP contribution is -2.54. The minimum atomic E-state index is -0.843. The van der Waals surface area contributed by atoms with Crippen molar-refractivity contribution >= 4 is 57.8 Å². The van der Waals surface area contributed by atoms with Gasteiger partial charge in [0.05, 0.1) is 10.6 Å². The molecule has 1 saturated heterocycles. The highest BCUT2D eigenvalue weighted by Crippen LogP contribution is 2.28. The van der Waals surface area contributed by atoms with Crippen molar-refractivity contribution < 1.29 is 19.3 Å². The number of hydrogen-bond donors (Lipinski definition) is 1. The number of nitro groups is 1. The summed E-state index contributed by atoms with van der Waals surface area (Å²) in [5, 5.41) is 14.4. The molecule has 5 rings (SSSR count). The number of anilines is 1. The van der Waals surface area contributed by atoms with Gasteiger partial charge in [0.1, 0.15) is 5.57 Å². The molecule has 1 fully saturated rings. The normalized spacial score (nSPS) is 15.0. The van der Waals surface area contributed by atoms with Crippen LogP contribution >= 0.6 is 11.6 Å². The van der Waals surface area contributed by atoms with E-state index in [0.29, 0.717) is 17.1 Å². The van der Waals surface area contributed by atoms with Gasteiger partial charge in [-0.25, -0.2) is 9.69 Å². The zero-order chi connectivity index (χ0) is 25.4. The van der Waals surface area contributed by atoms with Gasteiger partial charge in [-0.2, -0.15) is 0 Å². The van der Waals surface area contributed by atoms with E-state index in [9.17, 15) is 24.5 Å². The Morgan fingerprint density at radius 3 is 2.33 bits per heavy atom. The first-order chi connectivity index (χ1) is 17.3. The van der Waals surface area contributed by atoms with E-state index >= 15 is 0 Å². The van der Waals surface area contributed by atoms with Crippen molar-refractivity contribution in [1.29, 1.82) is 0 Å². The number of urea groups is 1. The van der Waals surface area contributed by atoms with Crippen LogP contribution in [0.15, 0.2) is 84.6 Å². The Hall–Kier alpha value is -4.76. The SMILES string of the molecule is O=C1NC(=O)N(c2ccc(Cl)cc2)C(=O)/C1=C\c1cn(Cc2ccc([N+](=O)[O-])cc2)c2ccccc12. The molecule has 36 heavy (non-hydrogen) atoms. The van der Waals surface area contributed by atoms with E-state index in [1.54, 1.807) is 30.5 Å². The fourth-order valence-electron chi connectivity index (χ4n) is 4.08. The van der Waals surface area contributed by atoms with Crippen LogP contribution in [-0.2, 0) is 16.1 Å². The molecule has 2 heterocycles. The molecule has 1 aromatic heterocycles. The molecule has 3 aromatic carbocycles. The number of barbiturate groups is 1. The van der Waals surface area contributed by atoms with E-state index < -0.39 is 22.8 Å². The van der Waals surface area contributed by atoms with Crippen LogP contribution in [0.2, 0.25) is 5.02 Å². The molecule has 1 N–H and O–H groups in total. The number of benzene rings is 3. The summed E-state index contributed by atoms with van der Waals surface area (Å²) in [7, 11) is 0. The van der Waals surface area contributed by atoms with Gasteiger partial charge >= 0.3 is 6.03 Å². The molecule has 0 atom stereocenters. The van der Waals surface area contributed by atoms with Crippen molar-refractivity contribution in [2.75, 3.05) is 4.90 Å². The lowest BCUT2D eigenvalue weighted by atomic mass is 10.1. The standard InChI is InChI=1S/C26H17ClN4O5/c27-18-7-11-19(12-8-18)30-25(33)22(24(32)28-26(30)34)13-17-15-29(23-4-2-1-3-21(17)23)14-16-5-9-20(10-6-16)31(35)36/h1-13,15H,14H2,(H,28,32,34)/b22-13-. The molecule has 0 saturated carbocycles.